The fourth-order valence-corrected chi connectivity index (χ4v) is 6.13. The van der Waals surface area contributed by atoms with E-state index in [-0.39, 0.29) is 35.1 Å². The van der Waals surface area contributed by atoms with E-state index in [0.717, 1.165) is 67.5 Å². The van der Waals surface area contributed by atoms with Gasteiger partial charge in [0, 0.05) is 43.9 Å². The van der Waals surface area contributed by atoms with Crippen LogP contribution in [0, 0.1) is 5.41 Å². The van der Waals surface area contributed by atoms with E-state index in [1.54, 1.807) is 0 Å². The molecule has 1 saturated heterocycles. The number of ether oxygens (including phenoxy) is 1. The third kappa shape index (κ3) is 6.26. The minimum absolute atomic E-state index is 0.0192. The highest BCUT2D eigenvalue weighted by atomic mass is 16.5. The number of fused-ring (bicyclic) bond motifs is 1. The molecule has 40 heavy (non-hydrogen) atoms. The standard InChI is InChI=1S/C33H44N4O3/c1-32(2,3)24-12-10-23(11-13-24)31-30-26(20-33(4,5)21-28(30)38)35-25-8-6-7-9-27(25)37(31)22-29(39)34-14-15-36-16-18-40-19-17-36/h6-13,31,35H,14-22H2,1-5H3,(H,34,39). The summed E-state index contributed by atoms with van der Waals surface area (Å²) in [5.74, 6) is 0.0983. The Morgan fingerprint density at radius 1 is 1.05 bits per heavy atom. The Bertz CT molecular complexity index is 1270. The number of carbonyl (C=O) groups excluding carboxylic acids is 2. The van der Waals surface area contributed by atoms with Crippen LogP contribution in [0.1, 0.15) is 64.6 Å². The smallest absolute Gasteiger partial charge is 0.239 e. The second kappa shape index (κ2) is 11.4. The lowest BCUT2D eigenvalue weighted by Gasteiger charge is -2.38. The van der Waals surface area contributed by atoms with E-state index in [1.807, 2.05) is 24.3 Å². The van der Waals surface area contributed by atoms with Crippen molar-refractivity contribution in [1.29, 1.82) is 0 Å². The van der Waals surface area contributed by atoms with Crippen molar-refractivity contribution in [1.82, 2.24) is 10.2 Å². The lowest BCUT2D eigenvalue weighted by molar-refractivity contribution is -0.120. The quantitative estimate of drug-likeness (QED) is 0.530. The third-order valence-corrected chi connectivity index (χ3v) is 8.26. The zero-order valence-corrected chi connectivity index (χ0v) is 24.7. The summed E-state index contributed by atoms with van der Waals surface area (Å²) in [5, 5.41) is 6.78. The minimum atomic E-state index is -0.367. The highest BCUT2D eigenvalue weighted by Gasteiger charge is 2.42. The van der Waals surface area contributed by atoms with Crippen molar-refractivity contribution in [2.24, 2.45) is 5.41 Å². The van der Waals surface area contributed by atoms with Crippen molar-refractivity contribution in [2.45, 2.75) is 58.9 Å². The summed E-state index contributed by atoms with van der Waals surface area (Å²) in [4.78, 5) is 31.8. The van der Waals surface area contributed by atoms with Gasteiger partial charge in [-0.15, -0.1) is 0 Å². The van der Waals surface area contributed by atoms with Crippen molar-refractivity contribution in [3.05, 3.63) is 70.9 Å². The van der Waals surface area contributed by atoms with Gasteiger partial charge in [0.25, 0.3) is 0 Å². The van der Waals surface area contributed by atoms with Gasteiger partial charge in [0.1, 0.15) is 0 Å². The molecule has 0 aromatic heterocycles. The molecule has 0 radical (unpaired) electrons. The molecule has 7 heteroatoms. The number of rotatable bonds is 6. The van der Waals surface area contributed by atoms with Crippen LogP contribution in [-0.4, -0.2) is 62.5 Å². The summed E-state index contributed by atoms with van der Waals surface area (Å²) >= 11 is 0. The zero-order chi connectivity index (χ0) is 28.5. The van der Waals surface area contributed by atoms with Crippen molar-refractivity contribution >= 4 is 23.1 Å². The van der Waals surface area contributed by atoms with E-state index >= 15 is 0 Å². The summed E-state index contributed by atoms with van der Waals surface area (Å²) in [6.45, 7) is 15.7. The van der Waals surface area contributed by atoms with Crippen molar-refractivity contribution < 1.29 is 14.3 Å². The van der Waals surface area contributed by atoms with Crippen LogP contribution >= 0.6 is 0 Å². The van der Waals surface area contributed by atoms with Crippen LogP contribution in [0.3, 0.4) is 0 Å². The first kappa shape index (κ1) is 28.4. The van der Waals surface area contributed by atoms with Crippen molar-refractivity contribution in [3.63, 3.8) is 0 Å². The Morgan fingerprint density at radius 2 is 1.75 bits per heavy atom. The molecule has 7 nitrogen and oxygen atoms in total. The number of nitrogens with one attached hydrogen (secondary N) is 2. The van der Waals surface area contributed by atoms with Gasteiger partial charge in [0.15, 0.2) is 5.78 Å². The Labute approximate surface area is 239 Å². The van der Waals surface area contributed by atoms with Crippen molar-refractivity contribution in [3.8, 4) is 0 Å². The number of anilines is 2. The van der Waals surface area contributed by atoms with E-state index in [1.165, 1.54) is 5.56 Å². The molecule has 3 aliphatic rings. The number of hydrogen-bond donors (Lipinski definition) is 2. The number of amides is 1. The predicted octanol–water partition coefficient (Wildman–Crippen LogP) is 5.05. The van der Waals surface area contributed by atoms with Gasteiger partial charge in [-0.1, -0.05) is 71.0 Å². The predicted molar refractivity (Wildman–Crippen MR) is 161 cm³/mol. The molecule has 1 atom stereocenters. The monoisotopic (exact) mass is 544 g/mol. The molecule has 0 spiro atoms. The number of para-hydroxylation sites is 2. The first-order chi connectivity index (χ1) is 19.0. The largest absolute Gasteiger partial charge is 0.379 e. The second-order valence-electron chi connectivity index (χ2n) is 13.2. The topological polar surface area (TPSA) is 73.9 Å². The number of carbonyl (C=O) groups is 2. The number of nitrogens with zero attached hydrogens (tertiary/aromatic N) is 2. The highest BCUT2D eigenvalue weighted by molar-refractivity contribution is 6.01. The van der Waals surface area contributed by atoms with Gasteiger partial charge in [-0.25, -0.2) is 0 Å². The number of ketones is 1. The molecule has 1 amide bonds. The van der Waals surface area contributed by atoms with Gasteiger partial charge >= 0.3 is 0 Å². The first-order valence-corrected chi connectivity index (χ1v) is 14.6. The fourth-order valence-electron chi connectivity index (χ4n) is 6.13. The van der Waals surface area contributed by atoms with Crippen LogP contribution in [0.4, 0.5) is 11.4 Å². The van der Waals surface area contributed by atoms with E-state index in [2.05, 4.69) is 79.3 Å². The normalized spacial score (nSPS) is 21.3. The molecule has 2 N–H and O–H groups in total. The summed E-state index contributed by atoms with van der Waals surface area (Å²) in [6, 6.07) is 16.3. The number of allylic oxidation sites excluding steroid dienone is 1. The van der Waals surface area contributed by atoms with Gasteiger partial charge in [-0.3, -0.25) is 14.5 Å². The summed E-state index contributed by atoms with van der Waals surface area (Å²) in [6.07, 6.45) is 1.26. The first-order valence-electron chi connectivity index (χ1n) is 14.6. The lowest BCUT2D eigenvalue weighted by atomic mass is 9.73. The van der Waals surface area contributed by atoms with Crippen LogP contribution in [0.2, 0.25) is 0 Å². The van der Waals surface area contributed by atoms with Crippen LogP contribution < -0.4 is 15.5 Å². The third-order valence-electron chi connectivity index (χ3n) is 8.26. The van der Waals surface area contributed by atoms with Crippen LogP contribution in [-0.2, 0) is 19.7 Å². The molecule has 5 rings (SSSR count). The zero-order valence-electron chi connectivity index (χ0n) is 24.7. The summed E-state index contributed by atoms with van der Waals surface area (Å²) in [5.41, 5.74) is 5.74. The Balaban J connectivity index is 1.51. The minimum Gasteiger partial charge on any atom is -0.379 e. The maximum atomic E-state index is 13.9. The number of morpholine rings is 1. The molecule has 2 aliphatic heterocycles. The van der Waals surface area contributed by atoms with E-state index in [4.69, 9.17) is 4.74 Å². The van der Waals surface area contributed by atoms with Crippen LogP contribution in [0.25, 0.3) is 0 Å². The molecule has 214 valence electrons. The summed E-state index contributed by atoms with van der Waals surface area (Å²) in [7, 11) is 0. The number of Topliss-reactive ketones (excluding diaryl/α,β-unsaturated/α-hetero) is 1. The Kier molecular flexibility index (Phi) is 8.07. The average Bonchev–Trinajstić information content (AvgIpc) is 3.02. The van der Waals surface area contributed by atoms with Crippen LogP contribution in [0.15, 0.2) is 59.8 Å². The molecule has 1 aliphatic carbocycles. The lowest BCUT2D eigenvalue weighted by Crippen LogP contribution is -2.45. The molecule has 2 aromatic carbocycles. The molecule has 2 aromatic rings. The Hall–Kier alpha value is -3.16. The van der Waals surface area contributed by atoms with Gasteiger partial charge in [0.05, 0.1) is 37.2 Å². The summed E-state index contributed by atoms with van der Waals surface area (Å²) < 4.78 is 5.44. The fraction of sp³-hybridized carbons (Fsp3) is 0.515. The molecule has 1 fully saturated rings. The van der Waals surface area contributed by atoms with E-state index < -0.39 is 0 Å². The molecule has 0 bridgehead atoms. The average molecular weight is 545 g/mol. The molecule has 0 saturated carbocycles. The van der Waals surface area contributed by atoms with E-state index in [0.29, 0.717) is 13.0 Å². The maximum Gasteiger partial charge on any atom is 0.239 e. The van der Waals surface area contributed by atoms with Crippen molar-refractivity contribution in [2.75, 3.05) is 56.2 Å². The number of benzene rings is 2. The van der Waals surface area contributed by atoms with Gasteiger partial charge in [-0.2, -0.15) is 0 Å². The molecule has 1 unspecified atom stereocenters. The van der Waals surface area contributed by atoms with Gasteiger partial charge < -0.3 is 20.3 Å². The second-order valence-corrected chi connectivity index (χ2v) is 13.2. The maximum absolute atomic E-state index is 13.9. The highest BCUT2D eigenvalue weighted by Crippen LogP contribution is 2.48. The van der Waals surface area contributed by atoms with Gasteiger partial charge in [-0.05, 0) is 40.5 Å². The van der Waals surface area contributed by atoms with Gasteiger partial charge in [0.2, 0.25) is 5.91 Å². The van der Waals surface area contributed by atoms with E-state index in [9.17, 15) is 9.59 Å². The molecule has 2 heterocycles. The SMILES string of the molecule is CC1(C)CC(=O)C2=C(C1)Nc1ccccc1N(CC(=O)NCCN1CCOCC1)C2c1ccc(C(C)(C)C)cc1. The van der Waals surface area contributed by atoms with Crippen LogP contribution in [0.5, 0.6) is 0 Å². The Morgan fingerprint density at radius 3 is 2.45 bits per heavy atom. The molecular weight excluding hydrogens is 500 g/mol. The molecular formula is C33H44N4O3. The number of hydrogen-bond acceptors (Lipinski definition) is 6.